The first kappa shape index (κ1) is 25.0. The molecule has 1 N–H and O–H groups in total. The highest BCUT2D eigenvalue weighted by Gasteiger charge is 2.14. The Morgan fingerprint density at radius 3 is 2.67 bits per heavy atom. The molecule has 0 bridgehead atoms. The van der Waals surface area contributed by atoms with Gasteiger partial charge in [0.25, 0.3) is 5.91 Å². The van der Waals surface area contributed by atoms with Gasteiger partial charge in [0.05, 0.1) is 36.9 Å². The van der Waals surface area contributed by atoms with E-state index < -0.39 is 11.7 Å². The smallest absolute Gasteiger partial charge is 0.254 e. The van der Waals surface area contributed by atoms with E-state index >= 15 is 0 Å². The lowest BCUT2D eigenvalue weighted by molar-refractivity contribution is 0.0945. The monoisotopic (exact) mass is 487 g/mol. The number of fused-ring (bicyclic) bond motifs is 1. The quantitative estimate of drug-likeness (QED) is 0.263. The third-order valence-corrected chi connectivity index (χ3v) is 5.84. The molecular weight excluding hydrogens is 457 g/mol. The van der Waals surface area contributed by atoms with Gasteiger partial charge < -0.3 is 19.4 Å². The van der Waals surface area contributed by atoms with Crippen molar-refractivity contribution in [2.75, 3.05) is 13.7 Å². The fraction of sp³-hybridized carbons (Fsp3) is 0.241. The van der Waals surface area contributed by atoms with Gasteiger partial charge in [0.15, 0.2) is 11.5 Å². The summed E-state index contributed by atoms with van der Waals surface area (Å²) in [6, 6.07) is 19.7. The zero-order valence-corrected chi connectivity index (χ0v) is 20.5. The minimum atomic E-state index is -0.545. The number of hydrogen-bond donors (Lipinski definition) is 1. The van der Waals surface area contributed by atoms with Crippen molar-refractivity contribution in [1.82, 2.24) is 14.9 Å². The Morgan fingerprint density at radius 2 is 1.86 bits per heavy atom. The maximum absolute atomic E-state index is 14.0. The Balaban J connectivity index is 1.37. The van der Waals surface area contributed by atoms with Gasteiger partial charge in [0.1, 0.15) is 11.6 Å². The van der Waals surface area contributed by atoms with Gasteiger partial charge in [-0.1, -0.05) is 42.5 Å². The van der Waals surface area contributed by atoms with Crippen LogP contribution < -0.4 is 14.8 Å². The zero-order valence-electron chi connectivity index (χ0n) is 20.5. The van der Waals surface area contributed by atoms with E-state index in [1.54, 1.807) is 19.2 Å². The molecule has 0 aliphatic carbocycles. The SMILES string of the molecule is C/C=C/c1ccc(OCCCCn2c(CNC(=O)c3ccccc3F)nc3ccccc32)c(OC)c1. The summed E-state index contributed by atoms with van der Waals surface area (Å²) in [6.45, 7) is 3.44. The van der Waals surface area contributed by atoms with Gasteiger partial charge in [-0.3, -0.25) is 4.79 Å². The summed E-state index contributed by atoms with van der Waals surface area (Å²) in [6.07, 6.45) is 5.67. The number of para-hydroxylation sites is 2. The largest absolute Gasteiger partial charge is 0.493 e. The molecule has 0 unspecified atom stereocenters. The fourth-order valence-corrected chi connectivity index (χ4v) is 4.06. The predicted molar refractivity (Wildman–Crippen MR) is 140 cm³/mol. The van der Waals surface area contributed by atoms with Crippen LogP contribution in [0.15, 0.2) is 72.8 Å². The van der Waals surface area contributed by atoms with Crippen molar-refractivity contribution >= 4 is 23.0 Å². The topological polar surface area (TPSA) is 65.4 Å². The van der Waals surface area contributed by atoms with Crippen molar-refractivity contribution in [3.63, 3.8) is 0 Å². The van der Waals surface area contributed by atoms with Gasteiger partial charge in [0, 0.05) is 6.54 Å². The van der Waals surface area contributed by atoms with Crippen LogP contribution in [0.2, 0.25) is 0 Å². The number of allylic oxidation sites excluding steroid dienone is 1. The highest BCUT2D eigenvalue weighted by Crippen LogP contribution is 2.29. The van der Waals surface area contributed by atoms with Crippen molar-refractivity contribution in [1.29, 1.82) is 0 Å². The number of aromatic nitrogens is 2. The van der Waals surface area contributed by atoms with Crippen LogP contribution in [0.5, 0.6) is 11.5 Å². The number of carbonyl (C=O) groups excluding carboxylic acids is 1. The molecule has 1 amide bonds. The minimum Gasteiger partial charge on any atom is -0.493 e. The molecule has 0 atom stereocenters. The summed E-state index contributed by atoms with van der Waals surface area (Å²) in [7, 11) is 1.64. The normalized spacial score (nSPS) is 11.2. The molecule has 0 fully saturated rings. The van der Waals surface area contributed by atoms with Crippen LogP contribution in [0.4, 0.5) is 4.39 Å². The van der Waals surface area contributed by atoms with Gasteiger partial charge in [-0.25, -0.2) is 9.37 Å². The molecule has 0 radical (unpaired) electrons. The molecule has 0 aliphatic rings. The molecule has 0 spiro atoms. The van der Waals surface area contributed by atoms with Crippen LogP contribution in [0, 0.1) is 5.82 Å². The van der Waals surface area contributed by atoms with Gasteiger partial charge >= 0.3 is 0 Å². The average Bonchev–Trinajstić information content (AvgIpc) is 3.25. The van der Waals surface area contributed by atoms with Crippen molar-refractivity contribution in [2.45, 2.75) is 32.9 Å². The summed E-state index contributed by atoms with van der Waals surface area (Å²) < 4.78 is 27.5. The van der Waals surface area contributed by atoms with E-state index in [2.05, 4.69) is 9.88 Å². The number of benzene rings is 3. The van der Waals surface area contributed by atoms with Gasteiger partial charge in [-0.2, -0.15) is 0 Å². The molecule has 0 saturated carbocycles. The minimum absolute atomic E-state index is 0.0199. The van der Waals surface area contributed by atoms with Gasteiger partial charge in [0.2, 0.25) is 0 Å². The number of ether oxygens (including phenoxy) is 2. The molecule has 36 heavy (non-hydrogen) atoms. The highest BCUT2D eigenvalue weighted by molar-refractivity contribution is 5.94. The van der Waals surface area contributed by atoms with Gasteiger partial charge in [-0.05, 0) is 61.7 Å². The number of nitrogens with one attached hydrogen (secondary N) is 1. The van der Waals surface area contributed by atoms with Crippen LogP contribution in [-0.4, -0.2) is 29.2 Å². The maximum atomic E-state index is 14.0. The summed E-state index contributed by atoms with van der Waals surface area (Å²) in [4.78, 5) is 17.2. The van der Waals surface area contributed by atoms with Crippen molar-refractivity contribution in [2.24, 2.45) is 0 Å². The molecule has 1 aromatic heterocycles. The lowest BCUT2D eigenvalue weighted by atomic mass is 10.2. The molecule has 3 aromatic carbocycles. The Kier molecular flexibility index (Phi) is 8.34. The van der Waals surface area contributed by atoms with Crippen LogP contribution in [0.25, 0.3) is 17.1 Å². The third-order valence-electron chi connectivity index (χ3n) is 5.84. The second kappa shape index (κ2) is 12.0. The molecular formula is C29H30FN3O3. The van der Waals surface area contributed by atoms with E-state index in [1.165, 1.54) is 12.1 Å². The Hall–Kier alpha value is -4.13. The zero-order chi connectivity index (χ0) is 25.3. The number of rotatable bonds is 11. The number of aryl methyl sites for hydroxylation is 1. The van der Waals surface area contributed by atoms with Gasteiger partial charge in [-0.15, -0.1) is 0 Å². The number of imidazole rings is 1. The van der Waals surface area contributed by atoms with Crippen LogP contribution >= 0.6 is 0 Å². The van der Waals surface area contributed by atoms with Crippen molar-refractivity contribution < 1.29 is 18.7 Å². The Bertz CT molecular complexity index is 1360. The highest BCUT2D eigenvalue weighted by atomic mass is 19.1. The number of halogens is 1. The first-order valence-electron chi connectivity index (χ1n) is 12.0. The molecule has 4 aromatic rings. The lowest BCUT2D eigenvalue weighted by Crippen LogP contribution is -2.25. The van der Waals surface area contributed by atoms with E-state index in [-0.39, 0.29) is 12.1 Å². The molecule has 7 heteroatoms. The number of nitrogens with zero attached hydrogens (tertiary/aromatic N) is 2. The van der Waals surface area contributed by atoms with Crippen molar-refractivity contribution in [3.05, 3.63) is 95.6 Å². The third kappa shape index (κ3) is 5.92. The summed E-state index contributed by atoms with van der Waals surface area (Å²) >= 11 is 0. The molecule has 186 valence electrons. The van der Waals surface area contributed by atoms with Crippen molar-refractivity contribution in [3.8, 4) is 11.5 Å². The fourth-order valence-electron chi connectivity index (χ4n) is 4.06. The molecule has 0 saturated heterocycles. The van der Waals surface area contributed by atoms with Crippen LogP contribution in [0.1, 0.15) is 41.5 Å². The summed E-state index contributed by atoms with van der Waals surface area (Å²) in [5.74, 6) is 1.14. The molecule has 0 aliphatic heterocycles. The summed E-state index contributed by atoms with van der Waals surface area (Å²) in [5, 5.41) is 2.80. The van der Waals surface area contributed by atoms with E-state index in [9.17, 15) is 9.18 Å². The van der Waals surface area contributed by atoms with Crippen LogP contribution in [-0.2, 0) is 13.1 Å². The Morgan fingerprint density at radius 1 is 1.06 bits per heavy atom. The second-order valence-corrected chi connectivity index (χ2v) is 8.30. The Labute approximate surface area is 210 Å². The summed E-state index contributed by atoms with van der Waals surface area (Å²) in [5.41, 5.74) is 2.93. The number of carbonyl (C=O) groups is 1. The molecule has 4 rings (SSSR count). The maximum Gasteiger partial charge on any atom is 0.254 e. The molecule has 6 nitrogen and oxygen atoms in total. The van der Waals surface area contributed by atoms with E-state index in [1.807, 2.05) is 61.5 Å². The number of methoxy groups -OCH3 is 1. The van der Waals surface area contributed by atoms with E-state index in [4.69, 9.17) is 14.5 Å². The van der Waals surface area contributed by atoms with Crippen LogP contribution in [0.3, 0.4) is 0 Å². The number of amides is 1. The standard InChI is InChI=1S/C29H30FN3O3/c1-3-10-21-15-16-26(27(19-21)35-2)36-18-9-8-17-33-25-14-7-6-13-24(25)32-28(33)20-31-29(34)22-11-4-5-12-23(22)30/h3-7,10-16,19H,8-9,17-18,20H2,1-2H3,(H,31,34)/b10-3+. The second-order valence-electron chi connectivity index (χ2n) is 8.30. The van der Waals surface area contributed by atoms with E-state index in [0.29, 0.717) is 18.9 Å². The molecule has 1 heterocycles. The predicted octanol–water partition coefficient (Wildman–Crippen LogP) is 6.01. The van der Waals surface area contributed by atoms with E-state index in [0.717, 1.165) is 41.0 Å². The lowest BCUT2D eigenvalue weighted by Gasteiger charge is -2.13. The average molecular weight is 488 g/mol. The first-order chi connectivity index (χ1) is 17.6. The number of unbranched alkanes of at least 4 members (excludes halogenated alkanes) is 1. The number of hydrogen-bond acceptors (Lipinski definition) is 4. The first-order valence-corrected chi connectivity index (χ1v) is 12.0.